The van der Waals surface area contributed by atoms with Gasteiger partial charge in [0.2, 0.25) is 0 Å². The summed E-state index contributed by atoms with van der Waals surface area (Å²) in [6.45, 7) is 3.88. The minimum Gasteiger partial charge on any atom is -0.462 e. The number of nitrogens with zero attached hydrogens (tertiary/aromatic N) is 1. The first kappa shape index (κ1) is 12.6. The van der Waals surface area contributed by atoms with Crippen molar-refractivity contribution in [1.82, 2.24) is 0 Å². The molecule has 0 bridgehead atoms. The van der Waals surface area contributed by atoms with Crippen LogP contribution in [0.5, 0.6) is 0 Å². The van der Waals surface area contributed by atoms with Crippen molar-refractivity contribution in [1.29, 1.82) is 0 Å². The van der Waals surface area contributed by atoms with Crippen LogP contribution in [0.15, 0.2) is 34.5 Å². The van der Waals surface area contributed by atoms with E-state index in [2.05, 4.69) is 10.3 Å². The summed E-state index contributed by atoms with van der Waals surface area (Å²) in [5.41, 5.74) is 2.47. The third kappa shape index (κ3) is 2.38. The van der Waals surface area contributed by atoms with Crippen LogP contribution in [-0.2, 0) is 9.53 Å². The van der Waals surface area contributed by atoms with Gasteiger partial charge in [0.05, 0.1) is 28.6 Å². The van der Waals surface area contributed by atoms with E-state index >= 15 is 0 Å². The molecule has 4 nitrogen and oxygen atoms in total. The molecule has 5 heteroatoms. The summed E-state index contributed by atoms with van der Waals surface area (Å²) in [6.07, 6.45) is 1.50. The summed E-state index contributed by atoms with van der Waals surface area (Å²) in [6, 6.07) is 5.41. The quantitative estimate of drug-likeness (QED) is 0.834. The normalized spacial score (nSPS) is 13.7. The second kappa shape index (κ2) is 5.23. The van der Waals surface area contributed by atoms with Gasteiger partial charge >= 0.3 is 5.97 Å². The van der Waals surface area contributed by atoms with Gasteiger partial charge < -0.3 is 10.1 Å². The molecule has 0 radical (unpaired) electrons. The Morgan fingerprint density at radius 2 is 2.28 bits per heavy atom. The monoisotopic (exact) mass is 264 g/mol. The number of anilines is 1. The molecule has 1 aliphatic heterocycles. The standard InChI is InChI=1S/C13H13ClN2O2/c1-3-18-13(17)9-7-15-11-6-4-5-10(14)12(11)16-8(9)2/h4-7,16H,3H2,1-2H3. The summed E-state index contributed by atoms with van der Waals surface area (Å²) in [5, 5.41) is 3.67. The second-order valence-corrected chi connectivity index (χ2v) is 4.18. The first-order valence-electron chi connectivity index (χ1n) is 5.61. The van der Waals surface area contributed by atoms with Crippen LogP contribution >= 0.6 is 11.6 Å². The maximum Gasteiger partial charge on any atom is 0.341 e. The highest BCUT2D eigenvalue weighted by molar-refractivity contribution is 6.34. The Bertz CT molecular complexity index is 550. The Labute approximate surface area is 110 Å². The van der Waals surface area contributed by atoms with Crippen LogP contribution in [-0.4, -0.2) is 18.8 Å². The Hall–Kier alpha value is -1.81. The van der Waals surface area contributed by atoms with Crippen molar-refractivity contribution < 1.29 is 9.53 Å². The molecule has 2 rings (SSSR count). The van der Waals surface area contributed by atoms with Gasteiger partial charge in [-0.3, -0.25) is 4.99 Å². The lowest BCUT2D eigenvalue weighted by molar-refractivity contribution is -0.137. The average Bonchev–Trinajstić information content (AvgIpc) is 2.49. The zero-order chi connectivity index (χ0) is 13.1. The Morgan fingerprint density at radius 3 is 3.00 bits per heavy atom. The molecule has 0 amide bonds. The predicted octanol–water partition coefficient (Wildman–Crippen LogP) is 3.30. The molecule has 1 aromatic carbocycles. The number of halogens is 1. The van der Waals surface area contributed by atoms with Gasteiger partial charge in [0, 0.05) is 11.9 Å². The van der Waals surface area contributed by atoms with Crippen molar-refractivity contribution in [3.63, 3.8) is 0 Å². The number of fused-ring (bicyclic) bond motifs is 1. The fourth-order valence-electron chi connectivity index (χ4n) is 1.64. The van der Waals surface area contributed by atoms with Crippen LogP contribution in [0, 0.1) is 0 Å². The summed E-state index contributed by atoms with van der Waals surface area (Å²) < 4.78 is 4.98. The first-order valence-corrected chi connectivity index (χ1v) is 5.99. The van der Waals surface area contributed by atoms with E-state index in [4.69, 9.17) is 16.3 Å². The number of para-hydroxylation sites is 1. The Morgan fingerprint density at radius 1 is 1.50 bits per heavy atom. The smallest absolute Gasteiger partial charge is 0.341 e. The highest BCUT2D eigenvalue weighted by atomic mass is 35.5. The molecule has 18 heavy (non-hydrogen) atoms. The van der Waals surface area contributed by atoms with Crippen LogP contribution in [0.4, 0.5) is 11.4 Å². The molecule has 0 spiro atoms. The summed E-state index contributed by atoms with van der Waals surface area (Å²) in [7, 11) is 0. The summed E-state index contributed by atoms with van der Waals surface area (Å²) in [5.74, 6) is -0.393. The van der Waals surface area contributed by atoms with E-state index in [1.165, 1.54) is 6.21 Å². The Kier molecular flexibility index (Phi) is 3.67. The summed E-state index contributed by atoms with van der Waals surface area (Å²) in [4.78, 5) is 16.0. The van der Waals surface area contributed by atoms with Gasteiger partial charge in [-0.05, 0) is 26.0 Å². The summed E-state index contributed by atoms with van der Waals surface area (Å²) >= 11 is 6.09. The molecular formula is C13H13ClN2O2. The van der Waals surface area contributed by atoms with E-state index in [0.717, 1.165) is 0 Å². The number of carbonyl (C=O) groups excluding carboxylic acids is 1. The highest BCUT2D eigenvalue weighted by Gasteiger charge is 2.17. The number of esters is 1. The van der Waals surface area contributed by atoms with Gasteiger partial charge in [-0.1, -0.05) is 17.7 Å². The lowest BCUT2D eigenvalue weighted by Crippen LogP contribution is -2.12. The molecule has 0 fully saturated rings. The maximum absolute atomic E-state index is 11.8. The molecule has 0 aromatic heterocycles. The van der Waals surface area contributed by atoms with Crippen molar-refractivity contribution >= 4 is 35.2 Å². The van der Waals surface area contributed by atoms with E-state index in [1.54, 1.807) is 19.9 Å². The zero-order valence-corrected chi connectivity index (χ0v) is 10.9. The van der Waals surface area contributed by atoms with E-state index in [9.17, 15) is 4.79 Å². The van der Waals surface area contributed by atoms with E-state index in [1.807, 2.05) is 12.1 Å². The van der Waals surface area contributed by atoms with Crippen molar-refractivity contribution in [3.05, 3.63) is 34.5 Å². The molecule has 0 unspecified atom stereocenters. The molecule has 0 saturated heterocycles. The topological polar surface area (TPSA) is 50.7 Å². The first-order chi connectivity index (χ1) is 8.63. The number of allylic oxidation sites excluding steroid dienone is 1. The molecule has 94 valence electrons. The third-order valence-corrected chi connectivity index (χ3v) is 2.85. The van der Waals surface area contributed by atoms with Gasteiger partial charge in [0.25, 0.3) is 0 Å². The van der Waals surface area contributed by atoms with Crippen molar-refractivity contribution in [2.75, 3.05) is 11.9 Å². The van der Waals surface area contributed by atoms with Crippen LogP contribution < -0.4 is 5.32 Å². The number of aliphatic imine (C=N–C) groups is 1. The third-order valence-electron chi connectivity index (χ3n) is 2.54. The predicted molar refractivity (Wildman–Crippen MR) is 72.6 cm³/mol. The lowest BCUT2D eigenvalue weighted by Gasteiger charge is -2.10. The number of benzene rings is 1. The van der Waals surface area contributed by atoms with Gasteiger partial charge in [-0.25, -0.2) is 4.79 Å². The number of hydrogen-bond acceptors (Lipinski definition) is 4. The largest absolute Gasteiger partial charge is 0.462 e. The molecule has 1 aromatic rings. The highest BCUT2D eigenvalue weighted by Crippen LogP contribution is 2.35. The molecule has 0 aliphatic carbocycles. The van der Waals surface area contributed by atoms with Crippen LogP contribution in [0.3, 0.4) is 0 Å². The van der Waals surface area contributed by atoms with Crippen molar-refractivity contribution in [3.8, 4) is 0 Å². The van der Waals surface area contributed by atoms with Crippen LogP contribution in [0.25, 0.3) is 0 Å². The number of hydrogen-bond donors (Lipinski definition) is 1. The molecule has 1 aliphatic rings. The van der Waals surface area contributed by atoms with Crippen molar-refractivity contribution in [2.45, 2.75) is 13.8 Å². The average molecular weight is 265 g/mol. The van der Waals surface area contributed by atoms with Gasteiger partial charge in [0.1, 0.15) is 0 Å². The van der Waals surface area contributed by atoms with Gasteiger partial charge in [-0.2, -0.15) is 0 Å². The Balaban J connectivity index is 2.41. The van der Waals surface area contributed by atoms with Crippen LogP contribution in [0.2, 0.25) is 5.02 Å². The number of ether oxygens (including phenoxy) is 1. The second-order valence-electron chi connectivity index (χ2n) is 3.78. The van der Waals surface area contributed by atoms with E-state index < -0.39 is 5.97 Å². The number of carbonyl (C=O) groups is 1. The molecule has 0 saturated carbocycles. The molecule has 0 atom stereocenters. The van der Waals surface area contributed by atoms with Crippen LogP contribution in [0.1, 0.15) is 13.8 Å². The van der Waals surface area contributed by atoms with E-state index in [0.29, 0.717) is 34.3 Å². The van der Waals surface area contributed by atoms with Gasteiger partial charge in [0.15, 0.2) is 0 Å². The molecular weight excluding hydrogens is 252 g/mol. The lowest BCUT2D eigenvalue weighted by atomic mass is 10.2. The minimum absolute atomic E-state index is 0.331. The molecule has 1 N–H and O–H groups in total. The maximum atomic E-state index is 11.8. The van der Waals surface area contributed by atoms with E-state index in [-0.39, 0.29) is 0 Å². The fourth-order valence-corrected chi connectivity index (χ4v) is 1.86. The minimum atomic E-state index is -0.393. The fraction of sp³-hybridized carbons (Fsp3) is 0.231. The zero-order valence-electron chi connectivity index (χ0n) is 10.2. The van der Waals surface area contributed by atoms with Gasteiger partial charge in [-0.15, -0.1) is 0 Å². The molecule has 1 heterocycles. The SMILES string of the molecule is CCOC(=O)C1=C(C)Nc2c(Cl)cccc2N=C1. The number of nitrogens with one attached hydrogen (secondary N) is 1. The van der Waals surface area contributed by atoms with Crippen molar-refractivity contribution in [2.24, 2.45) is 4.99 Å². The number of rotatable bonds is 2.